The Hall–Kier alpha value is -2.69. The van der Waals surface area contributed by atoms with Gasteiger partial charge in [0, 0.05) is 12.2 Å². The minimum atomic E-state index is -1.13. The summed E-state index contributed by atoms with van der Waals surface area (Å²) in [6, 6.07) is 2.62. The highest BCUT2D eigenvalue weighted by Gasteiger charge is 2.28. The van der Waals surface area contributed by atoms with Gasteiger partial charge in [0.05, 0.1) is 4.92 Å². The summed E-state index contributed by atoms with van der Waals surface area (Å²) in [5.41, 5.74) is -0.619. The van der Waals surface area contributed by atoms with Crippen LogP contribution in [0.2, 0.25) is 0 Å². The Morgan fingerprint density at radius 1 is 1.68 bits per heavy atom. The molecule has 0 bridgehead atoms. The fraction of sp³-hybridized carbons (Fsp3) is 0.364. The van der Waals surface area contributed by atoms with Crippen LogP contribution in [0.1, 0.15) is 19.4 Å². The van der Waals surface area contributed by atoms with Gasteiger partial charge in [0.25, 0.3) is 0 Å². The van der Waals surface area contributed by atoms with Gasteiger partial charge >= 0.3 is 11.7 Å². The SMILES string of the molecule is CC(C)N(CC(=O)O)c1nccc(C#N)c1[N+](=O)[O-]. The van der Waals surface area contributed by atoms with Crippen LogP contribution >= 0.6 is 0 Å². The number of carboxylic acids is 1. The molecule has 0 aliphatic rings. The molecule has 8 nitrogen and oxygen atoms in total. The number of carbonyl (C=O) groups is 1. The largest absolute Gasteiger partial charge is 0.480 e. The lowest BCUT2D eigenvalue weighted by Gasteiger charge is -2.25. The Morgan fingerprint density at radius 3 is 2.74 bits per heavy atom. The maximum Gasteiger partial charge on any atom is 0.329 e. The Balaban J connectivity index is 3.42. The molecular weight excluding hydrogens is 252 g/mol. The molecule has 8 heteroatoms. The van der Waals surface area contributed by atoms with E-state index in [4.69, 9.17) is 10.4 Å². The van der Waals surface area contributed by atoms with Crippen LogP contribution in [0.5, 0.6) is 0 Å². The number of hydrogen-bond acceptors (Lipinski definition) is 6. The van der Waals surface area contributed by atoms with Gasteiger partial charge in [0.15, 0.2) is 0 Å². The summed E-state index contributed by atoms with van der Waals surface area (Å²) in [4.78, 5) is 26.3. The Kier molecular flexibility index (Phi) is 4.36. The summed E-state index contributed by atoms with van der Waals surface area (Å²) >= 11 is 0. The van der Waals surface area contributed by atoms with Crippen molar-refractivity contribution in [3.8, 4) is 6.07 Å². The zero-order valence-corrected chi connectivity index (χ0v) is 10.4. The maximum absolute atomic E-state index is 11.1. The summed E-state index contributed by atoms with van der Waals surface area (Å²) in [7, 11) is 0. The summed E-state index contributed by atoms with van der Waals surface area (Å²) in [5.74, 6) is -1.24. The molecule has 1 rings (SSSR count). The van der Waals surface area contributed by atoms with E-state index in [1.54, 1.807) is 19.9 Å². The van der Waals surface area contributed by atoms with E-state index in [9.17, 15) is 14.9 Å². The Morgan fingerprint density at radius 2 is 2.32 bits per heavy atom. The number of pyridine rings is 1. The third kappa shape index (κ3) is 3.16. The lowest BCUT2D eigenvalue weighted by atomic mass is 10.2. The molecular formula is C11H12N4O4. The monoisotopic (exact) mass is 264 g/mol. The molecule has 0 fully saturated rings. The Labute approximate surface area is 109 Å². The number of anilines is 1. The predicted molar refractivity (Wildman–Crippen MR) is 65.7 cm³/mol. The van der Waals surface area contributed by atoms with Crippen molar-refractivity contribution >= 4 is 17.5 Å². The second-order valence-corrected chi connectivity index (χ2v) is 4.02. The van der Waals surface area contributed by atoms with E-state index in [2.05, 4.69) is 4.98 Å². The number of aliphatic carboxylic acids is 1. The highest BCUT2D eigenvalue weighted by Crippen LogP contribution is 2.30. The number of rotatable bonds is 5. The lowest BCUT2D eigenvalue weighted by Crippen LogP contribution is -2.36. The first-order valence-electron chi connectivity index (χ1n) is 5.40. The smallest absolute Gasteiger partial charge is 0.329 e. The second-order valence-electron chi connectivity index (χ2n) is 4.02. The molecule has 0 atom stereocenters. The minimum absolute atomic E-state index is 0.110. The van der Waals surface area contributed by atoms with E-state index in [0.29, 0.717) is 0 Å². The van der Waals surface area contributed by atoms with Gasteiger partial charge in [-0.2, -0.15) is 5.26 Å². The molecule has 0 aliphatic heterocycles. The van der Waals surface area contributed by atoms with Gasteiger partial charge in [-0.1, -0.05) is 0 Å². The molecule has 0 saturated heterocycles. The molecule has 0 saturated carbocycles. The van der Waals surface area contributed by atoms with Crippen LogP contribution in [0, 0.1) is 21.4 Å². The van der Waals surface area contributed by atoms with Crippen LogP contribution in [-0.4, -0.2) is 33.6 Å². The van der Waals surface area contributed by atoms with E-state index in [0.717, 1.165) is 0 Å². The molecule has 19 heavy (non-hydrogen) atoms. The fourth-order valence-corrected chi connectivity index (χ4v) is 1.57. The number of hydrogen-bond donors (Lipinski definition) is 1. The number of nitrogens with zero attached hydrogens (tertiary/aromatic N) is 4. The van der Waals surface area contributed by atoms with Gasteiger partial charge in [-0.3, -0.25) is 14.9 Å². The van der Waals surface area contributed by atoms with E-state index < -0.39 is 23.1 Å². The average molecular weight is 264 g/mol. The van der Waals surface area contributed by atoms with Crippen LogP contribution in [-0.2, 0) is 4.79 Å². The quantitative estimate of drug-likeness (QED) is 0.625. The topological polar surface area (TPSA) is 120 Å². The van der Waals surface area contributed by atoms with Crippen molar-refractivity contribution in [2.45, 2.75) is 19.9 Å². The van der Waals surface area contributed by atoms with Gasteiger partial charge in [0.1, 0.15) is 18.2 Å². The lowest BCUT2D eigenvalue weighted by molar-refractivity contribution is -0.384. The van der Waals surface area contributed by atoms with E-state index >= 15 is 0 Å². The number of aromatic nitrogens is 1. The van der Waals surface area contributed by atoms with Crippen LogP contribution in [0.25, 0.3) is 0 Å². The third-order valence-corrected chi connectivity index (χ3v) is 2.41. The van der Waals surface area contributed by atoms with E-state index in [-0.39, 0.29) is 17.4 Å². The molecule has 1 heterocycles. The first kappa shape index (κ1) is 14.4. The van der Waals surface area contributed by atoms with Crippen molar-refractivity contribution < 1.29 is 14.8 Å². The molecule has 0 amide bonds. The predicted octanol–water partition coefficient (Wildman–Crippen LogP) is 1.16. The van der Waals surface area contributed by atoms with Crippen molar-refractivity contribution in [1.82, 2.24) is 4.98 Å². The minimum Gasteiger partial charge on any atom is -0.480 e. The molecule has 1 aromatic heterocycles. The highest BCUT2D eigenvalue weighted by atomic mass is 16.6. The van der Waals surface area contributed by atoms with Gasteiger partial charge < -0.3 is 10.0 Å². The van der Waals surface area contributed by atoms with E-state index in [1.807, 2.05) is 0 Å². The molecule has 0 unspecified atom stereocenters. The second kappa shape index (κ2) is 5.77. The molecule has 0 spiro atoms. The zero-order valence-electron chi connectivity index (χ0n) is 10.4. The standard InChI is InChI=1S/C11H12N4O4/c1-7(2)14(6-9(16)17)11-10(15(18)19)8(5-12)3-4-13-11/h3-4,7H,6H2,1-2H3,(H,16,17). The summed E-state index contributed by atoms with van der Waals surface area (Å²) in [6.07, 6.45) is 1.25. The van der Waals surface area contributed by atoms with Crippen molar-refractivity contribution in [2.24, 2.45) is 0 Å². The van der Waals surface area contributed by atoms with Crippen molar-refractivity contribution in [1.29, 1.82) is 5.26 Å². The van der Waals surface area contributed by atoms with Crippen molar-refractivity contribution in [2.75, 3.05) is 11.4 Å². The number of nitriles is 1. The first-order chi connectivity index (χ1) is 8.88. The first-order valence-corrected chi connectivity index (χ1v) is 5.40. The van der Waals surface area contributed by atoms with Gasteiger partial charge in [-0.05, 0) is 19.9 Å². The van der Waals surface area contributed by atoms with Gasteiger partial charge in [-0.15, -0.1) is 0 Å². The number of nitro groups is 1. The van der Waals surface area contributed by atoms with Crippen LogP contribution in [0.3, 0.4) is 0 Å². The number of carboxylic acid groups (broad SMARTS) is 1. The molecule has 0 aromatic carbocycles. The van der Waals surface area contributed by atoms with Crippen molar-refractivity contribution in [3.05, 3.63) is 27.9 Å². The summed E-state index contributed by atoms with van der Waals surface area (Å²) in [6.45, 7) is 2.95. The van der Waals surface area contributed by atoms with Gasteiger partial charge in [-0.25, -0.2) is 4.98 Å². The normalized spacial score (nSPS) is 10.0. The van der Waals surface area contributed by atoms with E-state index in [1.165, 1.54) is 17.2 Å². The van der Waals surface area contributed by atoms with Crippen LogP contribution in [0.4, 0.5) is 11.5 Å². The molecule has 100 valence electrons. The molecule has 1 N–H and O–H groups in total. The summed E-state index contributed by atoms with van der Waals surface area (Å²) in [5, 5.41) is 28.8. The maximum atomic E-state index is 11.1. The van der Waals surface area contributed by atoms with Crippen LogP contribution < -0.4 is 4.90 Å². The Bertz CT molecular complexity index is 550. The molecule has 1 aromatic rings. The van der Waals surface area contributed by atoms with Crippen LogP contribution in [0.15, 0.2) is 12.3 Å². The van der Waals surface area contributed by atoms with Gasteiger partial charge in [0.2, 0.25) is 5.82 Å². The highest BCUT2D eigenvalue weighted by molar-refractivity contribution is 5.76. The summed E-state index contributed by atoms with van der Waals surface area (Å²) < 4.78 is 0. The fourth-order valence-electron chi connectivity index (χ4n) is 1.57. The zero-order chi connectivity index (χ0) is 14.6. The average Bonchev–Trinajstić information content (AvgIpc) is 2.34. The molecule has 0 aliphatic carbocycles. The van der Waals surface area contributed by atoms with Crippen molar-refractivity contribution in [3.63, 3.8) is 0 Å². The third-order valence-electron chi connectivity index (χ3n) is 2.41. The molecule has 0 radical (unpaired) electrons.